The molecule has 0 radical (unpaired) electrons. The molecular formula is C22H26ClN3O2. The molecule has 0 aliphatic rings. The first kappa shape index (κ1) is 21.5. The summed E-state index contributed by atoms with van der Waals surface area (Å²) < 4.78 is 11.3. The second kappa shape index (κ2) is 10.5. The first-order valence-electron chi connectivity index (χ1n) is 8.97. The van der Waals surface area contributed by atoms with Gasteiger partial charge in [-0.05, 0) is 52.0 Å². The van der Waals surface area contributed by atoms with E-state index >= 15 is 0 Å². The smallest absolute Gasteiger partial charge is 0.163 e. The van der Waals surface area contributed by atoms with E-state index in [-0.39, 0.29) is 0 Å². The second-order valence-electron chi connectivity index (χ2n) is 6.34. The number of benzene rings is 1. The summed E-state index contributed by atoms with van der Waals surface area (Å²) in [5.41, 5.74) is 2.77. The summed E-state index contributed by atoms with van der Waals surface area (Å²) in [4.78, 5) is 8.78. The zero-order valence-electron chi connectivity index (χ0n) is 16.9. The van der Waals surface area contributed by atoms with Crippen molar-refractivity contribution in [1.82, 2.24) is 9.97 Å². The first-order chi connectivity index (χ1) is 13.4. The van der Waals surface area contributed by atoms with Crippen molar-refractivity contribution in [3.8, 4) is 11.5 Å². The lowest BCUT2D eigenvalue weighted by molar-refractivity contribution is 0.327. The number of nitrogens with one attached hydrogen (secondary N) is 1. The van der Waals surface area contributed by atoms with Crippen molar-refractivity contribution in [1.29, 1.82) is 0 Å². The van der Waals surface area contributed by atoms with Crippen LogP contribution < -0.4 is 14.8 Å². The van der Waals surface area contributed by atoms with Crippen molar-refractivity contribution < 1.29 is 9.47 Å². The highest BCUT2D eigenvalue weighted by Gasteiger charge is 2.12. The van der Waals surface area contributed by atoms with Gasteiger partial charge in [-0.15, -0.1) is 0 Å². The molecule has 0 unspecified atom stereocenters. The maximum absolute atomic E-state index is 5.97. The molecular weight excluding hydrogens is 374 g/mol. The number of nitrogens with zero attached hydrogens (tertiary/aromatic N) is 2. The topological polar surface area (TPSA) is 56.3 Å². The van der Waals surface area contributed by atoms with Crippen LogP contribution in [0.15, 0.2) is 65.1 Å². The van der Waals surface area contributed by atoms with Crippen LogP contribution in [0, 0.1) is 0 Å². The van der Waals surface area contributed by atoms with E-state index in [0.717, 1.165) is 22.2 Å². The highest BCUT2D eigenvalue weighted by molar-refractivity contribution is 6.29. The van der Waals surface area contributed by atoms with Crippen molar-refractivity contribution in [2.24, 2.45) is 0 Å². The fourth-order valence-electron chi connectivity index (χ4n) is 2.45. The number of aromatic nitrogens is 2. The summed E-state index contributed by atoms with van der Waals surface area (Å²) in [6, 6.07) is 3.74. The van der Waals surface area contributed by atoms with Gasteiger partial charge in [0.05, 0.1) is 12.6 Å². The Balaban J connectivity index is 2.48. The van der Waals surface area contributed by atoms with E-state index in [2.05, 4.69) is 15.3 Å². The molecule has 0 aliphatic carbocycles. The van der Waals surface area contributed by atoms with Crippen LogP contribution in [0.4, 0.5) is 5.82 Å². The van der Waals surface area contributed by atoms with Crippen molar-refractivity contribution >= 4 is 28.3 Å². The van der Waals surface area contributed by atoms with Crippen molar-refractivity contribution in [2.75, 3.05) is 19.0 Å². The van der Waals surface area contributed by atoms with Crippen molar-refractivity contribution in [3.63, 3.8) is 0 Å². The molecule has 0 atom stereocenters. The predicted molar refractivity (Wildman–Crippen MR) is 117 cm³/mol. The monoisotopic (exact) mass is 399 g/mol. The van der Waals surface area contributed by atoms with Gasteiger partial charge in [0.15, 0.2) is 11.5 Å². The van der Waals surface area contributed by atoms with E-state index in [1.54, 1.807) is 7.11 Å². The Bertz CT molecular complexity index is 938. The standard InChI is InChI=1S/C22H26ClN3O2/c1-6-7-10-28-21-13-19-18(12-20(21)27-5)22(25-14-24-19)26-17(11-15(2)3)9-8-16(4)23/h6-9,11-14H,10H2,1-5H3,(H,24,25,26)/b7-6+,16-8+,17-9+. The van der Waals surface area contributed by atoms with Gasteiger partial charge in [-0.2, -0.15) is 0 Å². The van der Waals surface area contributed by atoms with Crippen LogP contribution in [0.25, 0.3) is 10.9 Å². The van der Waals surface area contributed by atoms with Gasteiger partial charge in [-0.1, -0.05) is 29.3 Å². The van der Waals surface area contributed by atoms with E-state index in [4.69, 9.17) is 21.1 Å². The second-order valence-corrected chi connectivity index (χ2v) is 6.94. The summed E-state index contributed by atoms with van der Waals surface area (Å²) >= 11 is 5.97. The molecule has 2 rings (SSSR count). The molecule has 0 saturated carbocycles. The largest absolute Gasteiger partial charge is 0.493 e. The van der Waals surface area contributed by atoms with E-state index < -0.39 is 0 Å². The number of anilines is 1. The number of hydrogen-bond acceptors (Lipinski definition) is 5. The molecule has 6 heteroatoms. The minimum atomic E-state index is 0.464. The minimum absolute atomic E-state index is 0.464. The van der Waals surface area contributed by atoms with E-state index in [1.807, 2.05) is 70.2 Å². The molecule has 1 aromatic heterocycles. The van der Waals surface area contributed by atoms with Gasteiger partial charge >= 0.3 is 0 Å². The third kappa shape index (κ3) is 6.13. The molecule has 1 N–H and O–H groups in total. The highest BCUT2D eigenvalue weighted by atomic mass is 35.5. The molecule has 1 heterocycles. The Kier molecular flexibility index (Phi) is 8.08. The molecule has 28 heavy (non-hydrogen) atoms. The maximum atomic E-state index is 5.97. The zero-order chi connectivity index (χ0) is 20.5. The van der Waals surface area contributed by atoms with Gasteiger partial charge in [-0.25, -0.2) is 9.97 Å². The van der Waals surface area contributed by atoms with E-state index in [9.17, 15) is 0 Å². The van der Waals surface area contributed by atoms with Crippen LogP contribution in [0.1, 0.15) is 27.7 Å². The van der Waals surface area contributed by atoms with Gasteiger partial charge in [0.25, 0.3) is 0 Å². The third-order valence-corrected chi connectivity index (χ3v) is 3.82. The molecule has 0 bridgehead atoms. The van der Waals surface area contributed by atoms with Gasteiger partial charge in [0.2, 0.25) is 0 Å². The van der Waals surface area contributed by atoms with Crippen molar-refractivity contribution in [2.45, 2.75) is 27.7 Å². The fourth-order valence-corrected chi connectivity index (χ4v) is 2.51. The fraction of sp³-hybridized carbons (Fsp3) is 0.273. The predicted octanol–water partition coefficient (Wildman–Crippen LogP) is 6.00. The summed E-state index contributed by atoms with van der Waals surface area (Å²) in [7, 11) is 1.61. The molecule has 0 amide bonds. The van der Waals surface area contributed by atoms with Crippen LogP contribution in [-0.4, -0.2) is 23.7 Å². The number of halogens is 1. The van der Waals surface area contributed by atoms with Gasteiger partial charge < -0.3 is 14.8 Å². The van der Waals surface area contributed by atoms with Crippen LogP contribution in [0.3, 0.4) is 0 Å². The molecule has 0 saturated heterocycles. The lowest BCUT2D eigenvalue weighted by atomic mass is 10.2. The van der Waals surface area contributed by atoms with Crippen LogP contribution in [0.5, 0.6) is 11.5 Å². The highest BCUT2D eigenvalue weighted by Crippen LogP contribution is 2.34. The Morgan fingerprint density at radius 3 is 2.57 bits per heavy atom. The molecule has 0 fully saturated rings. The van der Waals surface area contributed by atoms with Crippen LogP contribution in [-0.2, 0) is 0 Å². The molecule has 148 valence electrons. The SMILES string of the molecule is C/C=C/COc1cc2ncnc(N/C(C=C(C)C)=C/C=C(\C)Cl)c2cc1OC. The summed E-state index contributed by atoms with van der Waals surface area (Å²) in [5, 5.41) is 4.88. The van der Waals surface area contributed by atoms with Gasteiger partial charge in [-0.3, -0.25) is 0 Å². The Morgan fingerprint density at radius 1 is 1.14 bits per heavy atom. The van der Waals surface area contributed by atoms with Crippen LogP contribution in [0.2, 0.25) is 0 Å². The van der Waals surface area contributed by atoms with E-state index in [1.165, 1.54) is 6.33 Å². The first-order valence-corrected chi connectivity index (χ1v) is 9.35. The summed E-state index contributed by atoms with van der Waals surface area (Å²) in [6.07, 6.45) is 11.2. The average molecular weight is 400 g/mol. The lowest BCUT2D eigenvalue weighted by Gasteiger charge is -2.13. The lowest BCUT2D eigenvalue weighted by Crippen LogP contribution is -2.02. The Morgan fingerprint density at radius 2 is 1.93 bits per heavy atom. The average Bonchev–Trinajstić information content (AvgIpc) is 2.65. The number of allylic oxidation sites excluding steroid dienone is 6. The summed E-state index contributed by atoms with van der Waals surface area (Å²) in [5.74, 6) is 1.94. The molecule has 0 spiro atoms. The third-order valence-electron chi connectivity index (χ3n) is 3.69. The minimum Gasteiger partial charge on any atom is -0.493 e. The van der Waals surface area contributed by atoms with Crippen LogP contribution >= 0.6 is 11.6 Å². The quantitative estimate of drug-likeness (QED) is 0.436. The molecule has 2 aromatic rings. The van der Waals surface area contributed by atoms with E-state index in [0.29, 0.717) is 29.0 Å². The molecule has 0 aliphatic heterocycles. The maximum Gasteiger partial charge on any atom is 0.163 e. The van der Waals surface area contributed by atoms with Gasteiger partial charge in [0, 0.05) is 22.2 Å². The zero-order valence-corrected chi connectivity index (χ0v) is 17.7. The Labute approximate surface area is 171 Å². The Hall–Kier alpha value is -2.79. The van der Waals surface area contributed by atoms with Gasteiger partial charge in [0.1, 0.15) is 18.8 Å². The normalized spacial score (nSPS) is 12.4. The molecule has 1 aromatic carbocycles. The number of methoxy groups -OCH3 is 1. The number of rotatable bonds is 8. The number of hydrogen-bond donors (Lipinski definition) is 1. The summed E-state index contributed by atoms with van der Waals surface area (Å²) in [6.45, 7) is 8.31. The number of ether oxygens (including phenoxy) is 2. The molecule has 5 nitrogen and oxygen atoms in total. The van der Waals surface area contributed by atoms with Crippen molar-refractivity contribution in [3.05, 3.63) is 65.1 Å². The number of fused-ring (bicyclic) bond motifs is 1.